The topological polar surface area (TPSA) is 75.9 Å². The van der Waals surface area contributed by atoms with Crippen molar-refractivity contribution in [1.82, 2.24) is 15.0 Å². The van der Waals surface area contributed by atoms with E-state index in [2.05, 4.69) is 32.5 Å². The van der Waals surface area contributed by atoms with Crippen LogP contribution in [0, 0.1) is 13.8 Å². The van der Waals surface area contributed by atoms with Gasteiger partial charge in [-0.05, 0) is 20.3 Å². The molecule has 0 aliphatic carbocycles. The Kier molecular flexibility index (Phi) is 4.79. The SMILES string of the molecule is CCCNc1ncc(Cl)c(NCc2nc(C)c(C)o2)n1. The van der Waals surface area contributed by atoms with Crippen molar-refractivity contribution in [3.05, 3.63) is 28.6 Å². The minimum atomic E-state index is 0.429. The Bertz CT molecular complexity index is 565. The molecule has 2 rings (SSSR count). The normalized spacial score (nSPS) is 10.6. The second-order valence-electron chi connectivity index (χ2n) is 4.42. The summed E-state index contributed by atoms with van der Waals surface area (Å²) in [6, 6.07) is 0. The van der Waals surface area contributed by atoms with Crippen molar-refractivity contribution in [2.24, 2.45) is 0 Å². The second kappa shape index (κ2) is 6.56. The molecular formula is C13H18ClN5O. The lowest BCUT2D eigenvalue weighted by atomic mass is 10.4. The van der Waals surface area contributed by atoms with E-state index in [0.717, 1.165) is 24.4 Å². The summed E-state index contributed by atoms with van der Waals surface area (Å²) in [6.07, 6.45) is 2.57. The first kappa shape index (κ1) is 14.6. The van der Waals surface area contributed by atoms with Gasteiger partial charge in [0.2, 0.25) is 11.8 Å². The zero-order valence-corrected chi connectivity index (χ0v) is 12.6. The summed E-state index contributed by atoms with van der Waals surface area (Å²) in [5.41, 5.74) is 0.890. The Balaban J connectivity index is 2.04. The van der Waals surface area contributed by atoms with Crippen LogP contribution in [0.3, 0.4) is 0 Å². The standard InChI is InChI=1S/C13H18ClN5O/c1-4-5-15-13-17-6-10(14)12(19-13)16-7-11-18-8(2)9(3)20-11/h6H,4-5,7H2,1-3H3,(H2,15,16,17,19). The first-order valence-corrected chi connectivity index (χ1v) is 6.91. The maximum atomic E-state index is 6.07. The van der Waals surface area contributed by atoms with E-state index in [-0.39, 0.29) is 0 Å². The third-order valence-electron chi connectivity index (χ3n) is 2.76. The van der Waals surface area contributed by atoms with Gasteiger partial charge in [0, 0.05) is 6.54 Å². The average molecular weight is 296 g/mol. The summed E-state index contributed by atoms with van der Waals surface area (Å²) >= 11 is 6.07. The zero-order chi connectivity index (χ0) is 14.5. The number of halogens is 1. The number of aryl methyl sites for hydroxylation is 2. The third kappa shape index (κ3) is 3.60. The van der Waals surface area contributed by atoms with Crippen LogP contribution in [-0.2, 0) is 6.54 Å². The Morgan fingerprint density at radius 1 is 1.25 bits per heavy atom. The van der Waals surface area contributed by atoms with E-state index >= 15 is 0 Å². The first-order valence-electron chi connectivity index (χ1n) is 6.53. The Morgan fingerprint density at radius 3 is 2.70 bits per heavy atom. The molecule has 0 radical (unpaired) electrons. The maximum absolute atomic E-state index is 6.07. The molecule has 0 atom stereocenters. The molecule has 2 heterocycles. The molecule has 2 aromatic heterocycles. The number of hydrogen-bond acceptors (Lipinski definition) is 6. The fraction of sp³-hybridized carbons (Fsp3) is 0.462. The highest BCUT2D eigenvalue weighted by Gasteiger charge is 2.08. The van der Waals surface area contributed by atoms with Crippen LogP contribution >= 0.6 is 11.6 Å². The number of oxazole rings is 1. The monoisotopic (exact) mass is 295 g/mol. The molecule has 0 spiro atoms. The third-order valence-corrected chi connectivity index (χ3v) is 3.03. The molecule has 0 aliphatic heterocycles. The van der Waals surface area contributed by atoms with E-state index in [0.29, 0.717) is 29.2 Å². The Morgan fingerprint density at radius 2 is 2.05 bits per heavy atom. The summed E-state index contributed by atoms with van der Waals surface area (Å²) in [5.74, 6) is 2.55. The predicted octanol–water partition coefficient (Wildman–Crippen LogP) is 3.17. The van der Waals surface area contributed by atoms with E-state index in [1.807, 2.05) is 13.8 Å². The Labute approximate surface area is 123 Å². The molecule has 0 unspecified atom stereocenters. The highest BCUT2D eigenvalue weighted by molar-refractivity contribution is 6.32. The van der Waals surface area contributed by atoms with Gasteiger partial charge in [0.15, 0.2) is 5.82 Å². The predicted molar refractivity (Wildman–Crippen MR) is 79.1 cm³/mol. The lowest BCUT2D eigenvalue weighted by molar-refractivity contribution is 0.478. The highest BCUT2D eigenvalue weighted by Crippen LogP contribution is 2.20. The molecule has 0 saturated carbocycles. The van der Waals surface area contributed by atoms with Crippen molar-refractivity contribution >= 4 is 23.4 Å². The summed E-state index contributed by atoms with van der Waals surface area (Å²) in [6.45, 7) is 7.12. The van der Waals surface area contributed by atoms with Gasteiger partial charge in [-0.3, -0.25) is 0 Å². The van der Waals surface area contributed by atoms with Crippen LogP contribution in [0.1, 0.15) is 30.7 Å². The van der Waals surface area contributed by atoms with Gasteiger partial charge >= 0.3 is 0 Å². The van der Waals surface area contributed by atoms with Crippen molar-refractivity contribution in [3.8, 4) is 0 Å². The minimum absolute atomic E-state index is 0.429. The van der Waals surface area contributed by atoms with Crippen molar-refractivity contribution in [2.45, 2.75) is 33.7 Å². The van der Waals surface area contributed by atoms with Crippen molar-refractivity contribution in [3.63, 3.8) is 0 Å². The van der Waals surface area contributed by atoms with Crippen molar-refractivity contribution < 1.29 is 4.42 Å². The van der Waals surface area contributed by atoms with Gasteiger partial charge in [-0.25, -0.2) is 9.97 Å². The molecule has 7 heteroatoms. The fourth-order valence-electron chi connectivity index (χ4n) is 1.59. The molecule has 0 aromatic carbocycles. The highest BCUT2D eigenvalue weighted by atomic mass is 35.5. The van der Waals surface area contributed by atoms with E-state index in [9.17, 15) is 0 Å². The number of aromatic nitrogens is 3. The van der Waals surface area contributed by atoms with Crippen LogP contribution in [0.15, 0.2) is 10.6 Å². The van der Waals surface area contributed by atoms with Gasteiger partial charge in [-0.15, -0.1) is 0 Å². The largest absolute Gasteiger partial charge is 0.444 e. The quantitative estimate of drug-likeness (QED) is 0.852. The van der Waals surface area contributed by atoms with Crippen LogP contribution in [0.5, 0.6) is 0 Å². The molecule has 20 heavy (non-hydrogen) atoms. The molecular weight excluding hydrogens is 278 g/mol. The van der Waals surface area contributed by atoms with Gasteiger partial charge in [0.25, 0.3) is 0 Å². The van der Waals surface area contributed by atoms with Crippen LogP contribution < -0.4 is 10.6 Å². The fourth-order valence-corrected chi connectivity index (χ4v) is 1.75. The lowest BCUT2D eigenvalue weighted by Crippen LogP contribution is -2.08. The Hall–Kier alpha value is -1.82. The minimum Gasteiger partial charge on any atom is -0.444 e. The van der Waals surface area contributed by atoms with Crippen LogP contribution in [-0.4, -0.2) is 21.5 Å². The number of hydrogen-bond donors (Lipinski definition) is 2. The molecule has 2 aromatic rings. The summed E-state index contributed by atoms with van der Waals surface area (Å²) in [7, 11) is 0. The van der Waals surface area contributed by atoms with Crippen molar-refractivity contribution in [1.29, 1.82) is 0 Å². The molecule has 108 valence electrons. The number of nitrogens with one attached hydrogen (secondary N) is 2. The van der Waals surface area contributed by atoms with E-state index in [4.69, 9.17) is 16.0 Å². The first-order chi connectivity index (χ1) is 9.60. The van der Waals surface area contributed by atoms with Gasteiger partial charge in [-0.1, -0.05) is 18.5 Å². The molecule has 0 aliphatic rings. The van der Waals surface area contributed by atoms with Crippen LogP contribution in [0.25, 0.3) is 0 Å². The van der Waals surface area contributed by atoms with Gasteiger partial charge in [0.05, 0.1) is 18.4 Å². The van der Waals surface area contributed by atoms with E-state index in [1.54, 1.807) is 6.20 Å². The van der Waals surface area contributed by atoms with Crippen LogP contribution in [0.2, 0.25) is 5.02 Å². The van der Waals surface area contributed by atoms with Gasteiger partial charge in [0.1, 0.15) is 10.8 Å². The molecule has 6 nitrogen and oxygen atoms in total. The number of nitrogens with zero attached hydrogens (tertiary/aromatic N) is 3. The second-order valence-corrected chi connectivity index (χ2v) is 4.83. The molecule has 2 N–H and O–H groups in total. The summed E-state index contributed by atoms with van der Waals surface area (Å²) in [5, 5.41) is 6.69. The molecule has 0 saturated heterocycles. The van der Waals surface area contributed by atoms with E-state index < -0.39 is 0 Å². The zero-order valence-electron chi connectivity index (χ0n) is 11.8. The summed E-state index contributed by atoms with van der Waals surface area (Å²) in [4.78, 5) is 12.7. The van der Waals surface area contributed by atoms with Crippen molar-refractivity contribution in [2.75, 3.05) is 17.2 Å². The number of rotatable bonds is 6. The lowest BCUT2D eigenvalue weighted by Gasteiger charge is -2.08. The van der Waals surface area contributed by atoms with Gasteiger partial charge < -0.3 is 15.1 Å². The number of anilines is 2. The average Bonchev–Trinajstić information content (AvgIpc) is 2.75. The molecule has 0 amide bonds. The molecule has 0 bridgehead atoms. The van der Waals surface area contributed by atoms with Crippen LogP contribution in [0.4, 0.5) is 11.8 Å². The van der Waals surface area contributed by atoms with E-state index in [1.165, 1.54) is 0 Å². The molecule has 0 fully saturated rings. The summed E-state index contributed by atoms with van der Waals surface area (Å²) < 4.78 is 5.50. The maximum Gasteiger partial charge on any atom is 0.224 e. The van der Waals surface area contributed by atoms with Gasteiger partial charge in [-0.2, -0.15) is 4.98 Å². The smallest absolute Gasteiger partial charge is 0.224 e.